The molecule has 1 fully saturated rings. The molecule has 16 heavy (non-hydrogen) atoms. The van der Waals surface area contributed by atoms with Crippen LogP contribution < -0.4 is 0 Å². The molecule has 1 aliphatic carbocycles. The number of nitrogens with zero attached hydrogens (tertiary/aromatic N) is 1. The highest BCUT2D eigenvalue weighted by Gasteiger charge is 2.21. The Morgan fingerprint density at radius 1 is 1.44 bits per heavy atom. The Labute approximate surface area is 95.6 Å². The molecule has 4 nitrogen and oxygen atoms in total. The van der Waals surface area contributed by atoms with Crippen molar-refractivity contribution >= 4 is 0 Å². The van der Waals surface area contributed by atoms with Gasteiger partial charge < -0.3 is 14.4 Å². The summed E-state index contributed by atoms with van der Waals surface area (Å²) in [5.41, 5.74) is 0.891. The fourth-order valence-corrected chi connectivity index (χ4v) is 2.17. The third-order valence-electron chi connectivity index (χ3n) is 3.19. The predicted molar refractivity (Wildman–Crippen MR) is 58.9 cm³/mol. The lowest BCUT2D eigenvalue weighted by Crippen LogP contribution is -2.23. The molecule has 0 aromatic carbocycles. The van der Waals surface area contributed by atoms with Gasteiger partial charge >= 0.3 is 0 Å². The van der Waals surface area contributed by atoms with Crippen molar-refractivity contribution in [1.82, 2.24) is 5.16 Å². The van der Waals surface area contributed by atoms with Crippen molar-refractivity contribution in [2.45, 2.75) is 45.3 Å². The number of hydrogen-bond donors (Lipinski definition) is 1. The summed E-state index contributed by atoms with van der Waals surface area (Å²) in [7, 11) is 0. The summed E-state index contributed by atoms with van der Waals surface area (Å²) in [6.07, 6.45) is 4.53. The second-order valence-electron chi connectivity index (χ2n) is 4.57. The first-order chi connectivity index (χ1) is 7.78. The van der Waals surface area contributed by atoms with Crippen LogP contribution in [0.4, 0.5) is 0 Å². The first-order valence-electron chi connectivity index (χ1n) is 5.92. The van der Waals surface area contributed by atoms with Gasteiger partial charge in [-0.05, 0) is 38.5 Å². The first-order valence-corrected chi connectivity index (χ1v) is 5.92. The Hall–Kier alpha value is -0.870. The van der Waals surface area contributed by atoms with Crippen molar-refractivity contribution in [3.8, 4) is 0 Å². The number of aromatic nitrogens is 1. The maximum atomic E-state index is 9.02. The van der Waals surface area contributed by atoms with E-state index in [1.165, 1.54) is 0 Å². The molecule has 2 rings (SSSR count). The van der Waals surface area contributed by atoms with Gasteiger partial charge in [-0.25, -0.2) is 0 Å². The van der Waals surface area contributed by atoms with Crippen LogP contribution in [0.25, 0.3) is 0 Å². The highest BCUT2D eigenvalue weighted by molar-refractivity contribution is 5.01. The Bertz CT molecular complexity index is 316. The summed E-state index contributed by atoms with van der Waals surface area (Å²) in [5, 5.41) is 12.8. The van der Waals surface area contributed by atoms with Crippen LogP contribution in [-0.2, 0) is 11.3 Å². The molecule has 1 aromatic heterocycles. The molecule has 0 unspecified atom stereocenters. The van der Waals surface area contributed by atoms with Crippen molar-refractivity contribution in [3.05, 3.63) is 17.5 Å². The molecule has 4 heteroatoms. The van der Waals surface area contributed by atoms with Crippen LogP contribution in [0, 0.1) is 12.8 Å². The molecule has 1 aliphatic rings. The number of rotatable bonds is 4. The Balaban J connectivity index is 1.71. The molecule has 0 atom stereocenters. The first kappa shape index (κ1) is 11.6. The number of ether oxygens (including phenoxy) is 1. The monoisotopic (exact) mass is 225 g/mol. The Morgan fingerprint density at radius 3 is 2.75 bits per heavy atom. The average Bonchev–Trinajstić information content (AvgIpc) is 2.73. The molecular weight excluding hydrogens is 206 g/mol. The van der Waals surface area contributed by atoms with Crippen molar-refractivity contribution in [2.75, 3.05) is 6.61 Å². The minimum Gasteiger partial charge on any atom is -0.396 e. The number of aliphatic hydroxyl groups is 1. The molecule has 0 bridgehead atoms. The standard InChI is InChI=1S/C12H19NO3/c1-9-6-12(16-13-9)8-15-11-4-2-10(7-14)3-5-11/h6,10-11,14H,2-5,7-8H2,1H3. The van der Waals surface area contributed by atoms with Crippen LogP contribution in [-0.4, -0.2) is 23.0 Å². The van der Waals surface area contributed by atoms with Gasteiger partial charge in [0.1, 0.15) is 6.61 Å². The van der Waals surface area contributed by atoms with E-state index in [2.05, 4.69) is 5.16 Å². The maximum absolute atomic E-state index is 9.02. The lowest BCUT2D eigenvalue weighted by Gasteiger charge is -2.26. The van der Waals surface area contributed by atoms with Gasteiger partial charge in [-0.2, -0.15) is 0 Å². The SMILES string of the molecule is Cc1cc(COC2CCC(CO)CC2)on1. The average molecular weight is 225 g/mol. The minimum absolute atomic E-state index is 0.313. The van der Waals surface area contributed by atoms with Gasteiger partial charge in [0.15, 0.2) is 5.76 Å². The third-order valence-corrected chi connectivity index (χ3v) is 3.19. The van der Waals surface area contributed by atoms with E-state index in [0.717, 1.165) is 37.1 Å². The van der Waals surface area contributed by atoms with Gasteiger partial charge in [0.25, 0.3) is 0 Å². The van der Waals surface area contributed by atoms with Crippen LogP contribution in [0.2, 0.25) is 0 Å². The van der Waals surface area contributed by atoms with E-state index < -0.39 is 0 Å². The lowest BCUT2D eigenvalue weighted by atomic mass is 9.88. The van der Waals surface area contributed by atoms with Gasteiger partial charge in [-0.15, -0.1) is 0 Å². The Morgan fingerprint density at radius 2 is 2.19 bits per heavy atom. The number of aliphatic hydroxyl groups excluding tert-OH is 1. The van der Waals surface area contributed by atoms with Crippen molar-refractivity contribution in [2.24, 2.45) is 5.92 Å². The molecule has 1 saturated carbocycles. The van der Waals surface area contributed by atoms with E-state index >= 15 is 0 Å². The van der Waals surface area contributed by atoms with E-state index in [9.17, 15) is 0 Å². The molecule has 1 heterocycles. The molecule has 0 aliphatic heterocycles. The zero-order chi connectivity index (χ0) is 11.4. The van der Waals surface area contributed by atoms with E-state index in [4.69, 9.17) is 14.4 Å². The van der Waals surface area contributed by atoms with E-state index in [-0.39, 0.29) is 0 Å². The van der Waals surface area contributed by atoms with Gasteiger partial charge in [0.05, 0.1) is 11.8 Å². The van der Waals surface area contributed by atoms with E-state index in [1.807, 2.05) is 13.0 Å². The van der Waals surface area contributed by atoms with Crippen LogP contribution in [0.15, 0.2) is 10.6 Å². The summed E-state index contributed by atoms with van der Waals surface area (Å²) in [5.74, 6) is 1.27. The molecular formula is C12H19NO3. The molecule has 0 radical (unpaired) electrons. The topological polar surface area (TPSA) is 55.5 Å². The normalized spacial score (nSPS) is 25.9. The quantitative estimate of drug-likeness (QED) is 0.852. The summed E-state index contributed by atoms with van der Waals surface area (Å²) in [6.45, 7) is 2.72. The highest BCUT2D eigenvalue weighted by Crippen LogP contribution is 2.26. The second-order valence-corrected chi connectivity index (χ2v) is 4.57. The van der Waals surface area contributed by atoms with E-state index in [1.54, 1.807) is 0 Å². The fraction of sp³-hybridized carbons (Fsp3) is 0.750. The van der Waals surface area contributed by atoms with Crippen LogP contribution in [0.1, 0.15) is 37.1 Å². The molecule has 1 N–H and O–H groups in total. The number of aryl methyl sites for hydroxylation is 1. The van der Waals surface area contributed by atoms with Crippen molar-refractivity contribution in [1.29, 1.82) is 0 Å². The van der Waals surface area contributed by atoms with Crippen molar-refractivity contribution < 1.29 is 14.4 Å². The molecule has 0 saturated heterocycles. The largest absolute Gasteiger partial charge is 0.396 e. The van der Waals surface area contributed by atoms with Crippen LogP contribution >= 0.6 is 0 Å². The van der Waals surface area contributed by atoms with Crippen LogP contribution in [0.3, 0.4) is 0 Å². The van der Waals surface area contributed by atoms with Gasteiger partial charge in [-0.3, -0.25) is 0 Å². The zero-order valence-corrected chi connectivity index (χ0v) is 9.69. The smallest absolute Gasteiger partial charge is 0.162 e. The van der Waals surface area contributed by atoms with Crippen LogP contribution in [0.5, 0.6) is 0 Å². The highest BCUT2D eigenvalue weighted by atomic mass is 16.5. The van der Waals surface area contributed by atoms with Gasteiger partial charge in [0.2, 0.25) is 0 Å². The minimum atomic E-state index is 0.313. The van der Waals surface area contributed by atoms with Gasteiger partial charge in [-0.1, -0.05) is 5.16 Å². The number of hydrogen-bond acceptors (Lipinski definition) is 4. The summed E-state index contributed by atoms with van der Waals surface area (Å²) < 4.78 is 10.8. The van der Waals surface area contributed by atoms with Crippen molar-refractivity contribution in [3.63, 3.8) is 0 Å². The predicted octanol–water partition coefficient (Wildman–Crippen LogP) is 2.05. The molecule has 90 valence electrons. The summed E-state index contributed by atoms with van der Waals surface area (Å²) in [4.78, 5) is 0. The lowest BCUT2D eigenvalue weighted by molar-refractivity contribution is -0.00727. The molecule has 1 aromatic rings. The summed E-state index contributed by atoms with van der Waals surface area (Å²) >= 11 is 0. The molecule has 0 spiro atoms. The fourth-order valence-electron chi connectivity index (χ4n) is 2.17. The molecule has 0 amide bonds. The summed E-state index contributed by atoms with van der Waals surface area (Å²) in [6, 6.07) is 1.90. The zero-order valence-electron chi connectivity index (χ0n) is 9.69. The van der Waals surface area contributed by atoms with Gasteiger partial charge in [0, 0.05) is 12.7 Å². The second kappa shape index (κ2) is 5.46. The third kappa shape index (κ3) is 3.06. The maximum Gasteiger partial charge on any atom is 0.162 e. The van der Waals surface area contributed by atoms with E-state index in [0.29, 0.717) is 25.2 Å². The Kier molecular flexibility index (Phi) is 3.96.